The average molecular weight is 186 g/mol. The second-order valence-electron chi connectivity index (χ2n) is 5.03. The molecule has 4 atom stereocenters. The van der Waals surface area contributed by atoms with Crippen molar-refractivity contribution in [2.75, 3.05) is 13.7 Å². The highest BCUT2D eigenvalue weighted by Crippen LogP contribution is 2.55. The molecule has 13 heavy (non-hydrogen) atoms. The molecule has 2 rings (SSSR count). The fourth-order valence-corrected chi connectivity index (χ4v) is 3.38. The number of rotatable bonds is 2. The van der Waals surface area contributed by atoms with Crippen LogP contribution in [0.25, 0.3) is 0 Å². The Hall–Kier alpha value is -0.110. The van der Waals surface area contributed by atoms with Gasteiger partial charge >= 0.3 is 0 Å². The van der Waals surface area contributed by atoms with Gasteiger partial charge in [0.05, 0.1) is 0 Å². The molecule has 2 bridgehead atoms. The van der Waals surface area contributed by atoms with E-state index in [1.165, 1.54) is 6.42 Å². The molecule has 2 heteroatoms. The van der Waals surface area contributed by atoms with Crippen molar-refractivity contribution in [3.05, 3.63) is 0 Å². The molecule has 0 N–H and O–H groups in total. The van der Waals surface area contributed by atoms with Crippen LogP contribution in [0.2, 0.25) is 0 Å². The molecular weight excluding hydrogens is 167 g/mol. The number of ether oxygens (including phenoxy) is 1. The van der Waals surface area contributed by atoms with E-state index in [1.807, 2.05) is 0 Å². The minimum absolute atomic E-state index is 0.0217. The monoisotopic (exact) mass is 186 g/mol. The van der Waals surface area contributed by atoms with Crippen molar-refractivity contribution in [3.63, 3.8) is 0 Å². The Bertz CT molecular complexity index is 195. The third-order valence-electron chi connectivity index (χ3n) is 4.04. The quantitative estimate of drug-likeness (QED) is 0.644. The van der Waals surface area contributed by atoms with Gasteiger partial charge in [0, 0.05) is 13.7 Å². The third-order valence-corrected chi connectivity index (χ3v) is 4.04. The lowest BCUT2D eigenvalue weighted by atomic mass is 9.76. The van der Waals surface area contributed by atoms with E-state index >= 15 is 0 Å². The van der Waals surface area contributed by atoms with Crippen molar-refractivity contribution in [3.8, 4) is 0 Å². The molecule has 0 spiro atoms. The SMILES string of the molecule is COCC1CC2(C)CCCC1C2F. The first kappa shape index (κ1) is 9.45. The first-order valence-electron chi connectivity index (χ1n) is 5.30. The largest absolute Gasteiger partial charge is 0.384 e. The Morgan fingerprint density at radius 1 is 1.54 bits per heavy atom. The molecule has 0 heterocycles. The molecule has 2 aliphatic carbocycles. The Morgan fingerprint density at radius 2 is 2.31 bits per heavy atom. The van der Waals surface area contributed by atoms with Gasteiger partial charge in [0.1, 0.15) is 6.17 Å². The summed E-state index contributed by atoms with van der Waals surface area (Å²) < 4.78 is 19.1. The molecule has 0 aromatic rings. The standard InChI is InChI=1S/C11H19FO/c1-11-5-3-4-9(10(11)12)8(6-11)7-13-2/h8-10H,3-7H2,1-2H3. The zero-order valence-corrected chi connectivity index (χ0v) is 8.55. The highest BCUT2D eigenvalue weighted by atomic mass is 19.1. The van der Waals surface area contributed by atoms with E-state index in [0.29, 0.717) is 11.8 Å². The van der Waals surface area contributed by atoms with Crippen molar-refractivity contribution < 1.29 is 9.13 Å². The van der Waals surface area contributed by atoms with E-state index in [-0.39, 0.29) is 5.41 Å². The zero-order chi connectivity index (χ0) is 9.47. The maximum absolute atomic E-state index is 13.9. The molecule has 2 saturated carbocycles. The normalized spacial score (nSPS) is 49.6. The molecule has 2 fully saturated rings. The predicted molar refractivity (Wildman–Crippen MR) is 50.3 cm³/mol. The van der Waals surface area contributed by atoms with Gasteiger partial charge < -0.3 is 4.74 Å². The van der Waals surface area contributed by atoms with E-state index in [9.17, 15) is 4.39 Å². The average Bonchev–Trinajstić information content (AvgIpc) is 2.27. The molecular formula is C11H19FO. The van der Waals surface area contributed by atoms with Crippen LogP contribution in [0.1, 0.15) is 32.6 Å². The van der Waals surface area contributed by atoms with Gasteiger partial charge in [0.25, 0.3) is 0 Å². The van der Waals surface area contributed by atoms with Gasteiger partial charge in [-0.15, -0.1) is 0 Å². The maximum atomic E-state index is 13.9. The van der Waals surface area contributed by atoms with Crippen LogP contribution in [0.3, 0.4) is 0 Å². The molecule has 76 valence electrons. The Kier molecular flexibility index (Phi) is 2.35. The predicted octanol–water partition coefficient (Wildman–Crippen LogP) is 2.80. The highest BCUT2D eigenvalue weighted by Gasteiger charge is 2.53. The van der Waals surface area contributed by atoms with E-state index in [4.69, 9.17) is 4.74 Å². The van der Waals surface area contributed by atoms with Crippen LogP contribution in [0, 0.1) is 17.3 Å². The number of hydrogen-bond donors (Lipinski definition) is 0. The fraction of sp³-hybridized carbons (Fsp3) is 1.00. The third kappa shape index (κ3) is 1.39. The van der Waals surface area contributed by atoms with Crippen molar-refractivity contribution in [2.45, 2.75) is 38.8 Å². The van der Waals surface area contributed by atoms with Crippen LogP contribution < -0.4 is 0 Å². The van der Waals surface area contributed by atoms with Gasteiger partial charge in [-0.25, -0.2) is 4.39 Å². The van der Waals surface area contributed by atoms with Crippen molar-refractivity contribution in [1.82, 2.24) is 0 Å². The topological polar surface area (TPSA) is 9.23 Å². The summed E-state index contributed by atoms with van der Waals surface area (Å²) in [5.41, 5.74) is -0.0217. The van der Waals surface area contributed by atoms with E-state index in [1.54, 1.807) is 7.11 Å². The van der Waals surface area contributed by atoms with Crippen molar-refractivity contribution in [2.24, 2.45) is 17.3 Å². The molecule has 4 unspecified atom stereocenters. The summed E-state index contributed by atoms with van der Waals surface area (Å²) in [7, 11) is 1.72. The highest BCUT2D eigenvalue weighted by molar-refractivity contribution is 5.01. The molecule has 2 aliphatic rings. The molecule has 1 nitrogen and oxygen atoms in total. The van der Waals surface area contributed by atoms with Crippen molar-refractivity contribution >= 4 is 0 Å². The van der Waals surface area contributed by atoms with Crippen LogP contribution in [0.5, 0.6) is 0 Å². The van der Waals surface area contributed by atoms with Gasteiger partial charge in [-0.1, -0.05) is 13.3 Å². The van der Waals surface area contributed by atoms with E-state index < -0.39 is 6.17 Å². The first-order chi connectivity index (χ1) is 6.17. The van der Waals surface area contributed by atoms with Gasteiger partial charge in [0.2, 0.25) is 0 Å². The second kappa shape index (κ2) is 3.23. The number of alkyl halides is 1. The number of halogens is 1. The number of fused-ring (bicyclic) bond motifs is 2. The number of methoxy groups -OCH3 is 1. The molecule has 0 amide bonds. The second-order valence-corrected chi connectivity index (χ2v) is 5.03. The summed E-state index contributed by atoms with van der Waals surface area (Å²) in [6, 6.07) is 0. The van der Waals surface area contributed by atoms with Crippen LogP contribution in [0.4, 0.5) is 4.39 Å². The summed E-state index contributed by atoms with van der Waals surface area (Å²) in [6.45, 7) is 2.86. The molecule has 0 aromatic heterocycles. The summed E-state index contributed by atoms with van der Waals surface area (Å²) in [4.78, 5) is 0. The van der Waals surface area contributed by atoms with E-state index in [0.717, 1.165) is 25.9 Å². The summed E-state index contributed by atoms with van der Waals surface area (Å²) in [5.74, 6) is 0.770. The molecule has 0 radical (unpaired) electrons. The minimum Gasteiger partial charge on any atom is -0.384 e. The molecule has 0 aromatic carbocycles. The lowest BCUT2D eigenvalue weighted by Crippen LogP contribution is -2.31. The number of hydrogen-bond acceptors (Lipinski definition) is 1. The zero-order valence-electron chi connectivity index (χ0n) is 8.55. The van der Waals surface area contributed by atoms with Gasteiger partial charge in [-0.3, -0.25) is 0 Å². The lowest BCUT2D eigenvalue weighted by Gasteiger charge is -2.32. The Labute approximate surface area is 79.7 Å². The summed E-state index contributed by atoms with van der Waals surface area (Å²) in [5, 5.41) is 0. The molecule has 0 saturated heterocycles. The lowest BCUT2D eigenvalue weighted by molar-refractivity contribution is 0.0680. The maximum Gasteiger partial charge on any atom is 0.109 e. The summed E-state index contributed by atoms with van der Waals surface area (Å²) in [6.07, 6.45) is 3.82. The minimum atomic E-state index is -0.568. The van der Waals surface area contributed by atoms with Gasteiger partial charge in [-0.2, -0.15) is 0 Å². The smallest absolute Gasteiger partial charge is 0.109 e. The first-order valence-corrected chi connectivity index (χ1v) is 5.30. The van der Waals surface area contributed by atoms with Crippen molar-refractivity contribution in [1.29, 1.82) is 0 Å². The van der Waals surface area contributed by atoms with Crippen LogP contribution >= 0.6 is 0 Å². The van der Waals surface area contributed by atoms with E-state index in [2.05, 4.69) is 6.92 Å². The van der Waals surface area contributed by atoms with Crippen LogP contribution in [-0.2, 0) is 4.74 Å². The molecule has 0 aliphatic heterocycles. The summed E-state index contributed by atoms with van der Waals surface area (Å²) >= 11 is 0. The van der Waals surface area contributed by atoms with Gasteiger partial charge in [0.15, 0.2) is 0 Å². The Morgan fingerprint density at radius 3 is 2.92 bits per heavy atom. The van der Waals surface area contributed by atoms with Gasteiger partial charge in [-0.05, 0) is 36.5 Å². The Balaban J connectivity index is 2.11. The van der Waals surface area contributed by atoms with Crippen LogP contribution in [0.15, 0.2) is 0 Å². The van der Waals surface area contributed by atoms with Crippen LogP contribution in [-0.4, -0.2) is 19.9 Å². The fourth-order valence-electron chi connectivity index (χ4n) is 3.38.